The monoisotopic (exact) mass is 267 g/mol. The molecule has 0 saturated carbocycles. The average Bonchev–Trinajstić information content (AvgIpc) is 2.40. The lowest BCUT2D eigenvalue weighted by Crippen LogP contribution is -2.41. The van der Waals surface area contributed by atoms with E-state index < -0.39 is 10.8 Å². The van der Waals surface area contributed by atoms with Crippen molar-refractivity contribution in [3.8, 4) is 5.75 Å². The SMILES string of the molecule is CCCOc1ccc(C2CS(=O)C(C)CN2)cc1. The number of nitrogens with one attached hydrogen (secondary N) is 1. The van der Waals surface area contributed by atoms with Crippen LogP contribution >= 0.6 is 0 Å². The van der Waals surface area contributed by atoms with Crippen molar-refractivity contribution >= 4 is 10.8 Å². The maximum Gasteiger partial charge on any atom is 0.119 e. The Hall–Kier alpha value is -0.870. The summed E-state index contributed by atoms with van der Waals surface area (Å²) in [6.07, 6.45) is 1.02. The number of hydrogen-bond acceptors (Lipinski definition) is 3. The molecule has 100 valence electrons. The lowest BCUT2D eigenvalue weighted by molar-refractivity contribution is 0.317. The second kappa shape index (κ2) is 6.34. The summed E-state index contributed by atoms with van der Waals surface area (Å²) in [5, 5.41) is 3.70. The molecule has 1 fully saturated rings. The molecule has 1 aromatic carbocycles. The molecular formula is C14H21NO2S. The fraction of sp³-hybridized carbons (Fsp3) is 0.571. The highest BCUT2D eigenvalue weighted by Gasteiger charge is 2.24. The Kier molecular flexibility index (Phi) is 4.78. The van der Waals surface area contributed by atoms with Crippen LogP contribution in [-0.2, 0) is 10.8 Å². The molecule has 3 atom stereocenters. The normalized spacial score (nSPS) is 28.0. The summed E-state index contributed by atoms with van der Waals surface area (Å²) in [6, 6.07) is 8.33. The Balaban J connectivity index is 1.99. The molecule has 18 heavy (non-hydrogen) atoms. The molecule has 1 aliphatic rings. The molecule has 0 bridgehead atoms. The highest BCUT2D eigenvalue weighted by Crippen LogP contribution is 2.22. The molecule has 0 aromatic heterocycles. The Morgan fingerprint density at radius 3 is 2.72 bits per heavy atom. The summed E-state index contributed by atoms with van der Waals surface area (Å²) in [4.78, 5) is 0. The van der Waals surface area contributed by atoms with Gasteiger partial charge < -0.3 is 10.1 Å². The summed E-state index contributed by atoms with van der Waals surface area (Å²) in [6.45, 7) is 5.70. The van der Waals surface area contributed by atoms with Crippen molar-refractivity contribution in [2.75, 3.05) is 18.9 Å². The van der Waals surface area contributed by atoms with Crippen molar-refractivity contribution in [1.82, 2.24) is 5.32 Å². The standard InChI is InChI=1S/C14H21NO2S/c1-3-8-17-13-6-4-12(5-7-13)14-10-18(16)11(2)9-15-14/h4-7,11,14-15H,3,8-10H2,1-2H3. The summed E-state index contributed by atoms with van der Waals surface area (Å²) in [7, 11) is -0.719. The van der Waals surface area contributed by atoms with Crippen LogP contribution in [-0.4, -0.2) is 28.4 Å². The van der Waals surface area contributed by atoms with E-state index in [0.29, 0.717) is 5.75 Å². The Bertz CT molecular complexity index is 405. The zero-order valence-electron chi connectivity index (χ0n) is 11.0. The van der Waals surface area contributed by atoms with Gasteiger partial charge in [0, 0.05) is 34.4 Å². The fourth-order valence-electron chi connectivity index (χ4n) is 2.02. The molecule has 0 radical (unpaired) electrons. The lowest BCUT2D eigenvalue weighted by atomic mass is 10.1. The van der Waals surface area contributed by atoms with Crippen LogP contribution in [0.3, 0.4) is 0 Å². The van der Waals surface area contributed by atoms with Gasteiger partial charge in [-0.15, -0.1) is 0 Å². The maximum atomic E-state index is 11.8. The predicted octanol–water partition coefficient (Wildman–Crippen LogP) is 2.26. The predicted molar refractivity (Wildman–Crippen MR) is 75.4 cm³/mol. The van der Waals surface area contributed by atoms with E-state index in [9.17, 15) is 4.21 Å². The first-order valence-corrected chi connectivity index (χ1v) is 7.92. The first-order valence-electron chi connectivity index (χ1n) is 6.54. The summed E-state index contributed by atoms with van der Waals surface area (Å²) in [5.41, 5.74) is 1.19. The Morgan fingerprint density at radius 1 is 1.39 bits per heavy atom. The van der Waals surface area contributed by atoms with Crippen LogP contribution in [0.25, 0.3) is 0 Å². The van der Waals surface area contributed by atoms with E-state index in [1.807, 2.05) is 19.1 Å². The molecule has 1 aliphatic heterocycles. The largest absolute Gasteiger partial charge is 0.494 e. The average molecular weight is 267 g/mol. The summed E-state index contributed by atoms with van der Waals surface area (Å²) < 4.78 is 17.4. The fourth-order valence-corrected chi connectivity index (χ4v) is 3.27. The van der Waals surface area contributed by atoms with Crippen molar-refractivity contribution in [1.29, 1.82) is 0 Å². The van der Waals surface area contributed by atoms with E-state index in [1.54, 1.807) is 0 Å². The van der Waals surface area contributed by atoms with Crippen LogP contribution < -0.4 is 10.1 Å². The van der Waals surface area contributed by atoms with Gasteiger partial charge in [-0.3, -0.25) is 4.21 Å². The van der Waals surface area contributed by atoms with Gasteiger partial charge >= 0.3 is 0 Å². The van der Waals surface area contributed by atoms with Gasteiger partial charge in [0.1, 0.15) is 5.75 Å². The highest BCUT2D eigenvalue weighted by molar-refractivity contribution is 7.85. The molecule has 3 unspecified atom stereocenters. The van der Waals surface area contributed by atoms with Gasteiger partial charge in [-0.25, -0.2) is 0 Å². The number of hydrogen-bond donors (Lipinski definition) is 1. The summed E-state index contributed by atoms with van der Waals surface area (Å²) >= 11 is 0. The van der Waals surface area contributed by atoms with Crippen LogP contribution in [0.15, 0.2) is 24.3 Å². The molecule has 0 aliphatic carbocycles. The molecule has 2 rings (SSSR count). The third-order valence-corrected chi connectivity index (χ3v) is 4.91. The van der Waals surface area contributed by atoms with E-state index in [0.717, 1.165) is 25.3 Å². The maximum absolute atomic E-state index is 11.8. The third kappa shape index (κ3) is 3.33. The van der Waals surface area contributed by atoms with Crippen molar-refractivity contribution in [2.45, 2.75) is 31.6 Å². The van der Waals surface area contributed by atoms with Crippen molar-refractivity contribution < 1.29 is 8.95 Å². The van der Waals surface area contributed by atoms with Gasteiger partial charge in [-0.1, -0.05) is 19.1 Å². The van der Waals surface area contributed by atoms with Crippen LogP contribution in [0.2, 0.25) is 0 Å². The lowest BCUT2D eigenvalue weighted by Gasteiger charge is -2.27. The molecule has 0 amide bonds. The molecule has 0 spiro atoms. The molecule has 1 saturated heterocycles. The highest BCUT2D eigenvalue weighted by atomic mass is 32.2. The number of ether oxygens (including phenoxy) is 1. The van der Waals surface area contributed by atoms with E-state index in [4.69, 9.17) is 4.74 Å². The second-order valence-electron chi connectivity index (χ2n) is 4.74. The van der Waals surface area contributed by atoms with Gasteiger partial charge in [0.2, 0.25) is 0 Å². The zero-order valence-corrected chi connectivity index (χ0v) is 11.8. The van der Waals surface area contributed by atoms with E-state index in [-0.39, 0.29) is 11.3 Å². The van der Waals surface area contributed by atoms with Gasteiger partial charge in [0.15, 0.2) is 0 Å². The second-order valence-corrected chi connectivity index (χ2v) is 6.64. The first kappa shape index (κ1) is 13.6. The third-order valence-electron chi connectivity index (χ3n) is 3.19. The van der Waals surface area contributed by atoms with E-state index in [1.165, 1.54) is 5.56 Å². The molecule has 3 nitrogen and oxygen atoms in total. The molecule has 1 aromatic rings. The molecule has 1 heterocycles. The molecule has 4 heteroatoms. The first-order chi connectivity index (χ1) is 8.70. The Morgan fingerprint density at radius 2 is 2.11 bits per heavy atom. The minimum Gasteiger partial charge on any atom is -0.494 e. The minimum atomic E-state index is -0.719. The van der Waals surface area contributed by atoms with Gasteiger partial charge in [0.25, 0.3) is 0 Å². The summed E-state index contributed by atoms with van der Waals surface area (Å²) in [5.74, 6) is 1.61. The topological polar surface area (TPSA) is 38.3 Å². The molecule has 1 N–H and O–H groups in total. The van der Waals surface area contributed by atoms with Crippen molar-refractivity contribution in [3.63, 3.8) is 0 Å². The van der Waals surface area contributed by atoms with Gasteiger partial charge in [0.05, 0.1) is 6.61 Å². The number of benzene rings is 1. The van der Waals surface area contributed by atoms with Gasteiger partial charge in [-0.05, 0) is 31.0 Å². The van der Waals surface area contributed by atoms with Crippen LogP contribution in [0, 0.1) is 0 Å². The quantitative estimate of drug-likeness (QED) is 0.909. The zero-order chi connectivity index (χ0) is 13.0. The van der Waals surface area contributed by atoms with Crippen molar-refractivity contribution in [2.24, 2.45) is 0 Å². The smallest absolute Gasteiger partial charge is 0.119 e. The molecular weight excluding hydrogens is 246 g/mol. The minimum absolute atomic E-state index is 0.210. The van der Waals surface area contributed by atoms with E-state index >= 15 is 0 Å². The van der Waals surface area contributed by atoms with Gasteiger partial charge in [-0.2, -0.15) is 0 Å². The van der Waals surface area contributed by atoms with Crippen LogP contribution in [0.1, 0.15) is 31.9 Å². The van der Waals surface area contributed by atoms with Crippen LogP contribution in [0.4, 0.5) is 0 Å². The Labute approximate surface area is 111 Å². The number of rotatable bonds is 4. The van der Waals surface area contributed by atoms with Crippen LogP contribution in [0.5, 0.6) is 5.75 Å². The van der Waals surface area contributed by atoms with Crippen molar-refractivity contribution in [3.05, 3.63) is 29.8 Å². The van der Waals surface area contributed by atoms with E-state index in [2.05, 4.69) is 24.4 Å².